The molecule has 3 rings (SSSR count). The van der Waals surface area contributed by atoms with Crippen molar-refractivity contribution in [3.63, 3.8) is 0 Å². The molecule has 146 valence electrons. The van der Waals surface area contributed by atoms with Crippen molar-refractivity contribution in [1.82, 2.24) is 15.1 Å². The Morgan fingerprint density at radius 2 is 1.85 bits per heavy atom. The number of benzene rings is 1. The lowest BCUT2D eigenvalue weighted by Crippen LogP contribution is -2.48. The Bertz CT molecular complexity index is 729. The number of rotatable bonds is 4. The summed E-state index contributed by atoms with van der Waals surface area (Å²) in [6.45, 7) is -0.0797. The van der Waals surface area contributed by atoms with Crippen molar-refractivity contribution in [2.24, 2.45) is 0 Å². The first-order valence-electron chi connectivity index (χ1n) is 9.54. The number of nitrogens with one attached hydrogen (secondary N) is 1. The Morgan fingerprint density at radius 3 is 2.52 bits per heavy atom. The molecular formula is C20H26FN3O3. The molecule has 1 aliphatic heterocycles. The maximum atomic E-state index is 13.3. The Balaban J connectivity index is 1.64. The third-order valence-corrected chi connectivity index (χ3v) is 5.48. The van der Waals surface area contributed by atoms with Gasteiger partial charge in [0.05, 0.1) is 0 Å². The number of hydrogen-bond donors (Lipinski definition) is 1. The smallest absolute Gasteiger partial charge is 0.325 e. The predicted octanol–water partition coefficient (Wildman–Crippen LogP) is 2.82. The molecule has 2 fully saturated rings. The topological polar surface area (TPSA) is 69.7 Å². The van der Waals surface area contributed by atoms with Crippen LogP contribution in [0.4, 0.5) is 9.18 Å². The van der Waals surface area contributed by atoms with Gasteiger partial charge in [0.1, 0.15) is 17.9 Å². The minimum Gasteiger partial charge on any atom is -0.340 e. The Labute approximate surface area is 158 Å². The number of hydrogen-bond acceptors (Lipinski definition) is 3. The fourth-order valence-electron chi connectivity index (χ4n) is 3.92. The van der Waals surface area contributed by atoms with E-state index in [1.807, 2.05) is 0 Å². The van der Waals surface area contributed by atoms with Gasteiger partial charge in [-0.1, -0.05) is 44.2 Å². The first kappa shape index (κ1) is 19.3. The van der Waals surface area contributed by atoms with Crippen molar-refractivity contribution >= 4 is 17.8 Å². The van der Waals surface area contributed by atoms with Crippen molar-refractivity contribution in [1.29, 1.82) is 0 Å². The zero-order valence-electron chi connectivity index (χ0n) is 15.7. The molecule has 0 unspecified atom stereocenters. The molecule has 2 aliphatic rings. The standard InChI is InChI=1S/C20H26FN3O3/c1-23(13-15-8-7-9-16(21)12-15)17(25)14-24-18(26)20(22-19(24)27)10-5-3-2-4-6-11-20/h7-9,12H,2-6,10-11,13-14H2,1H3,(H,22,27). The summed E-state index contributed by atoms with van der Waals surface area (Å²) < 4.78 is 13.3. The number of halogens is 1. The van der Waals surface area contributed by atoms with Crippen LogP contribution in [0.1, 0.15) is 50.5 Å². The van der Waals surface area contributed by atoms with Crippen molar-refractivity contribution in [3.05, 3.63) is 35.6 Å². The lowest BCUT2D eigenvalue weighted by molar-refractivity contribution is -0.139. The SMILES string of the molecule is CN(Cc1cccc(F)c1)C(=O)CN1C(=O)NC2(CCCCCCC2)C1=O. The van der Waals surface area contributed by atoms with Crippen LogP contribution in [-0.2, 0) is 16.1 Å². The Morgan fingerprint density at radius 1 is 1.19 bits per heavy atom. The molecule has 0 aromatic heterocycles. The summed E-state index contributed by atoms with van der Waals surface area (Å²) in [5.41, 5.74) is -0.196. The van der Waals surface area contributed by atoms with E-state index in [2.05, 4.69) is 5.32 Å². The fraction of sp³-hybridized carbons (Fsp3) is 0.550. The summed E-state index contributed by atoms with van der Waals surface area (Å²) in [4.78, 5) is 40.3. The minimum absolute atomic E-state index is 0.214. The maximum absolute atomic E-state index is 13.3. The van der Waals surface area contributed by atoms with E-state index in [1.165, 1.54) is 17.0 Å². The third kappa shape index (κ3) is 4.28. The van der Waals surface area contributed by atoms with Gasteiger partial charge < -0.3 is 10.2 Å². The first-order chi connectivity index (χ1) is 12.9. The van der Waals surface area contributed by atoms with E-state index < -0.39 is 11.6 Å². The number of urea groups is 1. The molecule has 1 spiro atoms. The second kappa shape index (κ2) is 8.06. The molecule has 1 aliphatic carbocycles. The summed E-state index contributed by atoms with van der Waals surface area (Å²) in [5, 5.41) is 2.86. The second-order valence-corrected chi connectivity index (χ2v) is 7.55. The maximum Gasteiger partial charge on any atom is 0.325 e. The highest BCUT2D eigenvalue weighted by molar-refractivity contribution is 6.09. The highest BCUT2D eigenvalue weighted by Gasteiger charge is 2.50. The predicted molar refractivity (Wildman–Crippen MR) is 98.2 cm³/mol. The van der Waals surface area contributed by atoms with Crippen LogP contribution in [0.15, 0.2) is 24.3 Å². The highest BCUT2D eigenvalue weighted by atomic mass is 19.1. The molecule has 27 heavy (non-hydrogen) atoms. The van der Waals surface area contributed by atoms with Gasteiger partial charge in [-0.3, -0.25) is 14.5 Å². The molecule has 1 N–H and O–H groups in total. The zero-order valence-corrected chi connectivity index (χ0v) is 15.7. The quantitative estimate of drug-likeness (QED) is 0.823. The molecule has 0 bridgehead atoms. The molecule has 1 aromatic carbocycles. The number of carbonyl (C=O) groups is 3. The van der Waals surface area contributed by atoms with Gasteiger partial charge in [-0.25, -0.2) is 9.18 Å². The summed E-state index contributed by atoms with van der Waals surface area (Å²) in [7, 11) is 1.58. The van der Waals surface area contributed by atoms with Crippen LogP contribution in [0.3, 0.4) is 0 Å². The number of nitrogens with zero attached hydrogens (tertiary/aromatic N) is 2. The van der Waals surface area contributed by atoms with Crippen molar-refractivity contribution in [3.8, 4) is 0 Å². The lowest BCUT2D eigenvalue weighted by Gasteiger charge is -2.28. The van der Waals surface area contributed by atoms with Gasteiger partial charge >= 0.3 is 6.03 Å². The van der Waals surface area contributed by atoms with Crippen LogP contribution >= 0.6 is 0 Å². The largest absolute Gasteiger partial charge is 0.340 e. The Kier molecular flexibility index (Phi) is 5.77. The van der Waals surface area contributed by atoms with E-state index in [1.54, 1.807) is 19.2 Å². The molecule has 4 amide bonds. The molecule has 6 nitrogen and oxygen atoms in total. The highest BCUT2D eigenvalue weighted by Crippen LogP contribution is 2.32. The number of imide groups is 1. The van der Waals surface area contributed by atoms with Gasteiger partial charge in [0.25, 0.3) is 5.91 Å². The van der Waals surface area contributed by atoms with E-state index >= 15 is 0 Å². The average Bonchev–Trinajstić information content (AvgIpc) is 2.83. The van der Waals surface area contributed by atoms with Crippen LogP contribution in [0, 0.1) is 5.82 Å². The van der Waals surface area contributed by atoms with Crippen LogP contribution in [0.5, 0.6) is 0 Å². The van der Waals surface area contributed by atoms with E-state index in [0.29, 0.717) is 18.4 Å². The normalized spacial score (nSPS) is 19.6. The average molecular weight is 375 g/mol. The second-order valence-electron chi connectivity index (χ2n) is 7.55. The van der Waals surface area contributed by atoms with E-state index in [9.17, 15) is 18.8 Å². The van der Waals surface area contributed by atoms with Crippen molar-refractivity contribution in [2.75, 3.05) is 13.6 Å². The van der Waals surface area contributed by atoms with Gasteiger partial charge in [-0.05, 0) is 30.5 Å². The van der Waals surface area contributed by atoms with E-state index in [0.717, 1.165) is 37.0 Å². The molecule has 1 saturated heterocycles. The fourth-order valence-corrected chi connectivity index (χ4v) is 3.92. The number of likely N-dealkylation sites (N-methyl/N-ethyl adjacent to an activating group) is 1. The summed E-state index contributed by atoms with van der Waals surface area (Å²) in [6.07, 6.45) is 6.31. The third-order valence-electron chi connectivity index (χ3n) is 5.48. The number of carbonyl (C=O) groups excluding carboxylic acids is 3. The molecule has 1 aromatic rings. The van der Waals surface area contributed by atoms with Crippen LogP contribution in [0.2, 0.25) is 0 Å². The van der Waals surface area contributed by atoms with Gasteiger partial charge in [0, 0.05) is 13.6 Å². The monoisotopic (exact) mass is 375 g/mol. The van der Waals surface area contributed by atoms with E-state index in [4.69, 9.17) is 0 Å². The molecule has 1 heterocycles. The Hall–Kier alpha value is -2.44. The zero-order chi connectivity index (χ0) is 19.4. The summed E-state index contributed by atoms with van der Waals surface area (Å²) in [6, 6.07) is 5.52. The first-order valence-corrected chi connectivity index (χ1v) is 9.54. The lowest BCUT2D eigenvalue weighted by atomic mass is 9.84. The number of amides is 4. The molecule has 0 atom stereocenters. The summed E-state index contributed by atoms with van der Waals surface area (Å²) >= 11 is 0. The molecule has 1 saturated carbocycles. The van der Waals surface area contributed by atoms with Gasteiger partial charge in [-0.2, -0.15) is 0 Å². The van der Waals surface area contributed by atoms with E-state index in [-0.39, 0.29) is 30.7 Å². The molecule has 0 radical (unpaired) electrons. The van der Waals surface area contributed by atoms with Gasteiger partial charge in [0.15, 0.2) is 0 Å². The van der Waals surface area contributed by atoms with Gasteiger partial charge in [-0.15, -0.1) is 0 Å². The molecular weight excluding hydrogens is 349 g/mol. The molecule has 7 heteroatoms. The summed E-state index contributed by atoms with van der Waals surface area (Å²) in [5.74, 6) is -1.01. The van der Waals surface area contributed by atoms with Crippen LogP contribution in [-0.4, -0.2) is 46.8 Å². The van der Waals surface area contributed by atoms with Crippen molar-refractivity contribution in [2.45, 2.75) is 57.0 Å². The van der Waals surface area contributed by atoms with Crippen molar-refractivity contribution < 1.29 is 18.8 Å². The van der Waals surface area contributed by atoms with Gasteiger partial charge in [0.2, 0.25) is 5.91 Å². The van der Waals surface area contributed by atoms with Crippen LogP contribution < -0.4 is 5.32 Å². The minimum atomic E-state index is -0.848. The van der Waals surface area contributed by atoms with Crippen LogP contribution in [0.25, 0.3) is 0 Å².